The second-order valence-corrected chi connectivity index (χ2v) is 7.88. The third kappa shape index (κ3) is 4.60. The average Bonchev–Trinajstić information content (AvgIpc) is 2.82. The fourth-order valence-electron chi connectivity index (χ4n) is 3.83. The van der Waals surface area contributed by atoms with Gasteiger partial charge in [0.05, 0.1) is 0 Å². The Hall–Kier alpha value is -3.77. The summed E-state index contributed by atoms with van der Waals surface area (Å²) in [6, 6.07) is 19.0. The number of fused-ring (bicyclic) bond motifs is 1. The lowest BCUT2D eigenvalue weighted by Crippen LogP contribution is -2.36. The fourth-order valence-corrected chi connectivity index (χ4v) is 3.83. The number of amides is 2. The van der Waals surface area contributed by atoms with Gasteiger partial charge in [0, 0.05) is 24.2 Å². The first-order chi connectivity index (χ1) is 15.4. The highest BCUT2D eigenvalue weighted by atomic mass is 19.1. The highest BCUT2D eigenvalue weighted by Crippen LogP contribution is 2.26. The van der Waals surface area contributed by atoms with E-state index in [1.807, 2.05) is 37.3 Å². The van der Waals surface area contributed by atoms with Crippen LogP contribution in [0.25, 0.3) is 11.6 Å². The maximum atomic E-state index is 13.6. The van der Waals surface area contributed by atoms with E-state index in [1.54, 1.807) is 40.7 Å². The zero-order valence-corrected chi connectivity index (χ0v) is 17.6. The summed E-state index contributed by atoms with van der Waals surface area (Å²) in [6.45, 7) is 2.88. The van der Waals surface area contributed by atoms with Gasteiger partial charge in [-0.05, 0) is 65.9 Å². The first-order valence-corrected chi connectivity index (χ1v) is 10.3. The van der Waals surface area contributed by atoms with Crippen LogP contribution < -0.4 is 5.48 Å². The van der Waals surface area contributed by atoms with Gasteiger partial charge in [-0.15, -0.1) is 0 Å². The molecule has 0 aromatic heterocycles. The number of benzene rings is 3. The lowest BCUT2D eigenvalue weighted by Gasteiger charge is -2.30. The Morgan fingerprint density at radius 1 is 0.969 bits per heavy atom. The van der Waals surface area contributed by atoms with E-state index >= 15 is 0 Å². The summed E-state index contributed by atoms with van der Waals surface area (Å²) in [5.41, 5.74) is 7.04. The molecule has 6 heteroatoms. The van der Waals surface area contributed by atoms with Gasteiger partial charge in [0.2, 0.25) is 0 Å². The number of rotatable bonds is 4. The van der Waals surface area contributed by atoms with Gasteiger partial charge in [0.15, 0.2) is 0 Å². The molecule has 3 aromatic carbocycles. The third-order valence-electron chi connectivity index (χ3n) is 5.64. The summed E-state index contributed by atoms with van der Waals surface area (Å²) in [6.07, 6.45) is 2.44. The zero-order valence-electron chi connectivity index (χ0n) is 17.6. The fraction of sp³-hybridized carbons (Fsp3) is 0.154. The summed E-state index contributed by atoms with van der Waals surface area (Å²) in [5, 5.41) is 8.91. The maximum Gasteiger partial charge on any atom is 0.274 e. The summed E-state index contributed by atoms with van der Waals surface area (Å²) in [5.74, 6) is -1.06. The van der Waals surface area contributed by atoms with Gasteiger partial charge in [0.1, 0.15) is 5.82 Å². The molecule has 0 saturated carbocycles. The summed E-state index contributed by atoms with van der Waals surface area (Å²) >= 11 is 0. The molecule has 0 spiro atoms. The van der Waals surface area contributed by atoms with Gasteiger partial charge in [-0.3, -0.25) is 14.8 Å². The first kappa shape index (κ1) is 21.5. The first-order valence-electron chi connectivity index (χ1n) is 10.3. The molecule has 1 heterocycles. The topological polar surface area (TPSA) is 69.6 Å². The smallest absolute Gasteiger partial charge is 0.274 e. The van der Waals surface area contributed by atoms with Crippen LogP contribution in [-0.4, -0.2) is 28.5 Å². The van der Waals surface area contributed by atoms with Crippen molar-refractivity contribution in [2.75, 3.05) is 6.54 Å². The van der Waals surface area contributed by atoms with Gasteiger partial charge < -0.3 is 4.90 Å². The van der Waals surface area contributed by atoms with Crippen molar-refractivity contribution in [3.63, 3.8) is 0 Å². The molecule has 0 aliphatic carbocycles. The van der Waals surface area contributed by atoms with E-state index in [4.69, 9.17) is 5.21 Å². The minimum atomic E-state index is -0.590. The van der Waals surface area contributed by atoms with Gasteiger partial charge >= 0.3 is 0 Å². The predicted octanol–water partition coefficient (Wildman–Crippen LogP) is 4.38. The Morgan fingerprint density at radius 3 is 2.34 bits per heavy atom. The van der Waals surface area contributed by atoms with Crippen molar-refractivity contribution in [1.82, 2.24) is 10.4 Å². The van der Waals surface area contributed by atoms with E-state index in [0.29, 0.717) is 30.6 Å². The molecule has 2 amide bonds. The van der Waals surface area contributed by atoms with Crippen molar-refractivity contribution < 1.29 is 19.2 Å². The van der Waals surface area contributed by atoms with Crippen LogP contribution in [0.1, 0.15) is 38.2 Å². The molecular formula is C26H23FN2O3. The SMILES string of the molecule is Cc1ccc(/C(=C\c2ccc(F)cc2)C(=O)N2CCc3ccc(C(=O)NO)cc3C2)cc1. The van der Waals surface area contributed by atoms with Crippen LogP contribution in [0.15, 0.2) is 66.7 Å². The quantitative estimate of drug-likeness (QED) is 0.279. The van der Waals surface area contributed by atoms with Crippen LogP contribution in [0.2, 0.25) is 0 Å². The minimum absolute atomic E-state index is 0.138. The van der Waals surface area contributed by atoms with Crippen molar-refractivity contribution in [2.45, 2.75) is 19.9 Å². The van der Waals surface area contributed by atoms with Crippen LogP contribution in [-0.2, 0) is 17.8 Å². The number of hydrogen-bond donors (Lipinski definition) is 2. The third-order valence-corrected chi connectivity index (χ3v) is 5.64. The number of hydrogen-bond acceptors (Lipinski definition) is 3. The lowest BCUT2D eigenvalue weighted by molar-refractivity contribution is -0.125. The molecule has 1 aliphatic heterocycles. The van der Waals surface area contributed by atoms with E-state index in [0.717, 1.165) is 27.8 Å². The largest absolute Gasteiger partial charge is 0.334 e. The molecule has 0 unspecified atom stereocenters. The van der Waals surface area contributed by atoms with Crippen molar-refractivity contribution >= 4 is 23.5 Å². The maximum absolute atomic E-state index is 13.6. The molecule has 2 N–H and O–H groups in total. The highest BCUT2D eigenvalue weighted by molar-refractivity contribution is 6.24. The standard InChI is InChI=1S/C26H23FN2O3/c1-17-2-6-20(7-3-17)24(14-18-4-10-23(27)11-5-18)26(31)29-13-12-19-8-9-21(25(30)28-32)15-22(19)16-29/h2-11,14-15,32H,12-13,16H2,1H3,(H,28,30)/b24-14+. The zero-order chi connectivity index (χ0) is 22.7. The molecule has 0 atom stereocenters. The Balaban J connectivity index is 1.68. The van der Waals surface area contributed by atoms with E-state index in [9.17, 15) is 14.0 Å². The predicted molar refractivity (Wildman–Crippen MR) is 120 cm³/mol. The van der Waals surface area contributed by atoms with E-state index < -0.39 is 5.91 Å². The molecule has 3 aromatic rings. The highest BCUT2D eigenvalue weighted by Gasteiger charge is 2.25. The van der Waals surface area contributed by atoms with Crippen LogP contribution >= 0.6 is 0 Å². The number of carbonyl (C=O) groups is 2. The van der Waals surface area contributed by atoms with Crippen molar-refractivity contribution in [3.05, 3.63) is 106 Å². The monoisotopic (exact) mass is 430 g/mol. The molecule has 0 bridgehead atoms. The van der Waals surface area contributed by atoms with Crippen molar-refractivity contribution in [1.29, 1.82) is 0 Å². The molecule has 4 rings (SSSR count). The average molecular weight is 430 g/mol. The number of hydroxylamine groups is 1. The van der Waals surface area contributed by atoms with E-state index in [-0.39, 0.29) is 11.7 Å². The Kier molecular flexibility index (Phi) is 6.14. The second-order valence-electron chi connectivity index (χ2n) is 7.88. The van der Waals surface area contributed by atoms with Gasteiger partial charge in [-0.2, -0.15) is 0 Å². The van der Waals surface area contributed by atoms with Gasteiger partial charge in [0.25, 0.3) is 11.8 Å². The van der Waals surface area contributed by atoms with E-state index in [1.165, 1.54) is 12.1 Å². The van der Waals surface area contributed by atoms with Gasteiger partial charge in [-0.25, -0.2) is 9.87 Å². The number of nitrogens with one attached hydrogen (secondary N) is 1. The van der Waals surface area contributed by atoms with Crippen LogP contribution in [0, 0.1) is 12.7 Å². The van der Waals surface area contributed by atoms with Crippen LogP contribution in [0.4, 0.5) is 4.39 Å². The summed E-state index contributed by atoms with van der Waals surface area (Å²) in [7, 11) is 0. The molecule has 5 nitrogen and oxygen atoms in total. The van der Waals surface area contributed by atoms with Crippen molar-refractivity contribution in [3.8, 4) is 0 Å². The Morgan fingerprint density at radius 2 is 1.66 bits per heavy atom. The normalized spacial score (nSPS) is 13.5. The number of aryl methyl sites for hydroxylation is 1. The minimum Gasteiger partial charge on any atom is -0.334 e. The molecule has 1 aliphatic rings. The molecular weight excluding hydrogens is 407 g/mol. The molecule has 0 radical (unpaired) electrons. The Bertz CT molecular complexity index is 1180. The molecule has 162 valence electrons. The lowest BCUT2D eigenvalue weighted by atomic mass is 9.95. The molecule has 0 fully saturated rings. The van der Waals surface area contributed by atoms with Crippen LogP contribution in [0.5, 0.6) is 0 Å². The number of halogens is 1. The summed E-state index contributed by atoms with van der Waals surface area (Å²) in [4.78, 5) is 27.1. The molecule has 32 heavy (non-hydrogen) atoms. The second kappa shape index (κ2) is 9.16. The summed E-state index contributed by atoms with van der Waals surface area (Å²) < 4.78 is 13.4. The van der Waals surface area contributed by atoms with Crippen LogP contribution in [0.3, 0.4) is 0 Å². The number of nitrogens with zero attached hydrogens (tertiary/aromatic N) is 1. The van der Waals surface area contributed by atoms with Crippen molar-refractivity contribution in [2.24, 2.45) is 0 Å². The number of carbonyl (C=O) groups excluding carboxylic acids is 2. The Labute approximate surface area is 185 Å². The molecule has 0 saturated heterocycles. The van der Waals surface area contributed by atoms with Gasteiger partial charge in [-0.1, -0.05) is 48.0 Å². The van der Waals surface area contributed by atoms with E-state index in [2.05, 4.69) is 0 Å².